The fourth-order valence-corrected chi connectivity index (χ4v) is 2.43. The van der Waals surface area contributed by atoms with Crippen molar-refractivity contribution in [3.05, 3.63) is 35.4 Å². The van der Waals surface area contributed by atoms with Gasteiger partial charge in [0, 0.05) is 13.1 Å². The third-order valence-electron chi connectivity index (χ3n) is 3.84. The molecule has 0 spiro atoms. The van der Waals surface area contributed by atoms with Gasteiger partial charge in [0.15, 0.2) is 0 Å². The lowest BCUT2D eigenvalue weighted by Gasteiger charge is -2.39. The Morgan fingerprint density at radius 3 is 2.50 bits per heavy atom. The molecule has 18 heavy (non-hydrogen) atoms. The van der Waals surface area contributed by atoms with E-state index in [1.807, 2.05) is 0 Å². The molecule has 0 heterocycles. The highest BCUT2D eigenvalue weighted by molar-refractivity contribution is 5.78. The lowest BCUT2D eigenvalue weighted by atomic mass is 9.68. The van der Waals surface area contributed by atoms with Gasteiger partial charge in [-0.2, -0.15) is 0 Å². The number of carbonyl (C=O) groups excluding carboxylic acids is 1. The average molecular weight is 247 g/mol. The monoisotopic (exact) mass is 247 g/mol. The van der Waals surface area contributed by atoms with Crippen LogP contribution in [0.4, 0.5) is 0 Å². The summed E-state index contributed by atoms with van der Waals surface area (Å²) in [4.78, 5) is 11.7. The largest absolute Gasteiger partial charge is 0.469 e. The van der Waals surface area contributed by atoms with Crippen LogP contribution in [0.25, 0.3) is 0 Å². The van der Waals surface area contributed by atoms with Gasteiger partial charge in [-0.1, -0.05) is 36.2 Å². The first-order valence-electron chi connectivity index (χ1n) is 6.51. The summed E-state index contributed by atoms with van der Waals surface area (Å²) in [6.07, 6.45) is 3.02. The molecule has 1 saturated carbocycles. The average Bonchev–Trinajstić information content (AvgIpc) is 2.34. The highest BCUT2D eigenvalue weighted by atomic mass is 16.5. The number of carbonyl (C=O) groups is 1. The molecule has 3 nitrogen and oxygen atoms in total. The van der Waals surface area contributed by atoms with Gasteiger partial charge >= 0.3 is 5.97 Å². The Kier molecular flexibility index (Phi) is 4.02. The van der Waals surface area contributed by atoms with Crippen LogP contribution in [0.15, 0.2) is 24.3 Å². The van der Waals surface area contributed by atoms with Crippen LogP contribution < -0.4 is 5.32 Å². The van der Waals surface area contributed by atoms with Crippen molar-refractivity contribution >= 4 is 5.97 Å². The van der Waals surface area contributed by atoms with Gasteiger partial charge in [0.05, 0.1) is 12.5 Å². The van der Waals surface area contributed by atoms with Crippen LogP contribution in [0.3, 0.4) is 0 Å². The minimum absolute atomic E-state index is 0.0647. The zero-order chi connectivity index (χ0) is 13.0. The van der Waals surface area contributed by atoms with E-state index in [9.17, 15) is 4.79 Å². The molecular formula is C15H21NO2. The van der Waals surface area contributed by atoms with E-state index >= 15 is 0 Å². The molecule has 0 radical (unpaired) electrons. The van der Waals surface area contributed by atoms with Crippen molar-refractivity contribution in [3.63, 3.8) is 0 Å². The maximum Gasteiger partial charge on any atom is 0.313 e. The first-order valence-corrected chi connectivity index (χ1v) is 6.51. The van der Waals surface area contributed by atoms with E-state index in [-0.39, 0.29) is 11.4 Å². The van der Waals surface area contributed by atoms with Gasteiger partial charge in [0.25, 0.3) is 0 Å². The number of nitrogens with one attached hydrogen (secondary N) is 1. The number of esters is 1. The van der Waals surface area contributed by atoms with Crippen LogP contribution in [0.2, 0.25) is 0 Å². The lowest BCUT2D eigenvalue weighted by Crippen LogP contribution is -2.46. The molecule has 1 aromatic rings. The number of rotatable bonds is 5. The van der Waals surface area contributed by atoms with Crippen molar-refractivity contribution in [2.24, 2.45) is 5.41 Å². The van der Waals surface area contributed by atoms with Crippen LogP contribution >= 0.6 is 0 Å². The van der Waals surface area contributed by atoms with Gasteiger partial charge in [-0.15, -0.1) is 0 Å². The first-order chi connectivity index (χ1) is 8.66. The standard InChI is InChI=1S/C15H21NO2/c1-12-4-6-13(7-5-12)10-16-11-15(8-3-9-15)14(17)18-2/h4-7,16H,3,8-11H2,1-2H3. The van der Waals surface area contributed by atoms with Gasteiger partial charge in [-0.3, -0.25) is 4.79 Å². The predicted molar refractivity (Wildman–Crippen MR) is 71.2 cm³/mol. The van der Waals surface area contributed by atoms with Crippen molar-refractivity contribution in [2.75, 3.05) is 13.7 Å². The molecule has 1 aliphatic carbocycles. The Bertz CT molecular complexity index is 407. The minimum atomic E-state index is -0.264. The van der Waals surface area contributed by atoms with Crippen LogP contribution in [-0.2, 0) is 16.1 Å². The number of benzene rings is 1. The Balaban J connectivity index is 1.84. The summed E-state index contributed by atoms with van der Waals surface area (Å²) in [6.45, 7) is 3.60. The molecule has 0 unspecified atom stereocenters. The molecule has 0 aromatic heterocycles. The molecule has 3 heteroatoms. The Morgan fingerprint density at radius 1 is 1.33 bits per heavy atom. The van der Waals surface area contributed by atoms with Crippen molar-refractivity contribution in [2.45, 2.75) is 32.7 Å². The Labute approximate surface area is 109 Å². The molecule has 0 saturated heterocycles. The number of aryl methyl sites for hydroxylation is 1. The number of hydrogen-bond acceptors (Lipinski definition) is 3. The Hall–Kier alpha value is -1.35. The topological polar surface area (TPSA) is 38.3 Å². The molecule has 2 rings (SSSR count). The molecule has 0 amide bonds. The van der Waals surface area contributed by atoms with Crippen LogP contribution in [0, 0.1) is 12.3 Å². The number of methoxy groups -OCH3 is 1. The van der Waals surface area contributed by atoms with Gasteiger partial charge in [-0.05, 0) is 25.3 Å². The maximum atomic E-state index is 11.7. The molecule has 0 atom stereocenters. The second-order valence-corrected chi connectivity index (χ2v) is 5.21. The predicted octanol–water partition coefficient (Wildman–Crippen LogP) is 2.43. The van der Waals surface area contributed by atoms with Gasteiger partial charge in [0.1, 0.15) is 0 Å². The fraction of sp³-hybridized carbons (Fsp3) is 0.533. The van der Waals surface area contributed by atoms with E-state index in [1.54, 1.807) is 0 Å². The van der Waals surface area contributed by atoms with Crippen LogP contribution in [-0.4, -0.2) is 19.6 Å². The van der Waals surface area contributed by atoms with E-state index in [4.69, 9.17) is 4.74 Å². The van der Waals surface area contributed by atoms with E-state index < -0.39 is 0 Å². The van der Waals surface area contributed by atoms with Crippen molar-refractivity contribution in [1.82, 2.24) is 5.32 Å². The molecule has 1 N–H and O–H groups in total. The molecular weight excluding hydrogens is 226 g/mol. The SMILES string of the molecule is COC(=O)C1(CNCc2ccc(C)cc2)CCC1. The second-order valence-electron chi connectivity index (χ2n) is 5.21. The smallest absolute Gasteiger partial charge is 0.313 e. The first kappa shape index (κ1) is 13.1. The van der Waals surface area contributed by atoms with Gasteiger partial charge in [0.2, 0.25) is 0 Å². The van der Waals surface area contributed by atoms with E-state index in [0.717, 1.165) is 25.8 Å². The third-order valence-corrected chi connectivity index (χ3v) is 3.84. The number of ether oxygens (including phenoxy) is 1. The zero-order valence-corrected chi connectivity index (χ0v) is 11.2. The third kappa shape index (κ3) is 2.72. The maximum absolute atomic E-state index is 11.7. The summed E-state index contributed by atoms with van der Waals surface area (Å²) >= 11 is 0. The van der Waals surface area contributed by atoms with E-state index in [0.29, 0.717) is 6.54 Å². The fourth-order valence-electron chi connectivity index (χ4n) is 2.43. The summed E-state index contributed by atoms with van der Waals surface area (Å²) in [5, 5.41) is 3.38. The Morgan fingerprint density at radius 2 is 2.00 bits per heavy atom. The van der Waals surface area contributed by atoms with Crippen LogP contribution in [0.1, 0.15) is 30.4 Å². The highest BCUT2D eigenvalue weighted by Crippen LogP contribution is 2.41. The van der Waals surface area contributed by atoms with Gasteiger partial charge in [-0.25, -0.2) is 0 Å². The summed E-state index contributed by atoms with van der Waals surface area (Å²) in [6, 6.07) is 8.45. The van der Waals surface area contributed by atoms with E-state index in [1.165, 1.54) is 18.2 Å². The quantitative estimate of drug-likeness (QED) is 0.812. The highest BCUT2D eigenvalue weighted by Gasteiger charge is 2.44. The molecule has 1 aliphatic rings. The minimum Gasteiger partial charge on any atom is -0.469 e. The second kappa shape index (κ2) is 5.53. The molecule has 0 bridgehead atoms. The van der Waals surface area contributed by atoms with Gasteiger partial charge < -0.3 is 10.1 Å². The van der Waals surface area contributed by atoms with E-state index in [2.05, 4.69) is 36.5 Å². The van der Waals surface area contributed by atoms with Crippen molar-refractivity contribution in [3.8, 4) is 0 Å². The summed E-state index contributed by atoms with van der Waals surface area (Å²) < 4.78 is 4.90. The molecule has 0 aliphatic heterocycles. The molecule has 1 fully saturated rings. The summed E-state index contributed by atoms with van der Waals surface area (Å²) in [7, 11) is 1.47. The summed E-state index contributed by atoms with van der Waals surface area (Å²) in [5.74, 6) is -0.0647. The van der Waals surface area contributed by atoms with Crippen molar-refractivity contribution < 1.29 is 9.53 Å². The molecule has 1 aromatic carbocycles. The molecule has 98 valence electrons. The zero-order valence-electron chi connectivity index (χ0n) is 11.2. The van der Waals surface area contributed by atoms with Crippen LogP contribution in [0.5, 0.6) is 0 Å². The lowest BCUT2D eigenvalue weighted by molar-refractivity contribution is -0.158. The van der Waals surface area contributed by atoms with Crippen molar-refractivity contribution in [1.29, 1.82) is 0 Å². The normalized spacial score (nSPS) is 17.0. The summed E-state index contributed by atoms with van der Waals surface area (Å²) in [5.41, 5.74) is 2.25. The number of hydrogen-bond donors (Lipinski definition) is 1.